The first-order chi connectivity index (χ1) is 8.79. The standard InChI is InChI=1S/C14H19N3O/c1-17(8-9-18-2)11-13-10-15-14(16-13)12-6-4-3-5-7-12/h3-7,10H,8-9,11H2,1-2H3,(H,15,16). The van der Waals surface area contributed by atoms with Crippen LogP contribution in [0.15, 0.2) is 36.5 Å². The topological polar surface area (TPSA) is 41.1 Å². The Morgan fingerprint density at radius 3 is 2.78 bits per heavy atom. The maximum atomic E-state index is 5.06. The fourth-order valence-corrected chi connectivity index (χ4v) is 1.80. The van der Waals surface area contributed by atoms with Crippen LogP contribution >= 0.6 is 0 Å². The highest BCUT2D eigenvalue weighted by Crippen LogP contribution is 2.15. The number of rotatable bonds is 6. The number of likely N-dealkylation sites (N-methyl/N-ethyl adjacent to an activating group) is 1. The molecule has 2 aromatic rings. The lowest BCUT2D eigenvalue weighted by atomic mass is 10.2. The Balaban J connectivity index is 1.98. The second-order valence-electron chi connectivity index (χ2n) is 4.35. The molecule has 0 aliphatic rings. The molecule has 0 amide bonds. The zero-order valence-corrected chi connectivity index (χ0v) is 10.9. The first kappa shape index (κ1) is 12.8. The van der Waals surface area contributed by atoms with Crippen LogP contribution in [-0.2, 0) is 11.3 Å². The molecule has 18 heavy (non-hydrogen) atoms. The van der Waals surface area contributed by atoms with E-state index in [9.17, 15) is 0 Å². The maximum Gasteiger partial charge on any atom is 0.137 e. The predicted molar refractivity (Wildman–Crippen MR) is 72.2 cm³/mol. The van der Waals surface area contributed by atoms with Crippen molar-refractivity contribution in [2.75, 3.05) is 27.3 Å². The van der Waals surface area contributed by atoms with Crippen molar-refractivity contribution in [3.63, 3.8) is 0 Å². The molecule has 0 aliphatic carbocycles. The van der Waals surface area contributed by atoms with Gasteiger partial charge in [-0.3, -0.25) is 4.90 Å². The molecule has 1 heterocycles. The van der Waals surface area contributed by atoms with Crippen molar-refractivity contribution in [1.82, 2.24) is 14.9 Å². The number of aromatic nitrogens is 2. The fraction of sp³-hybridized carbons (Fsp3) is 0.357. The van der Waals surface area contributed by atoms with E-state index in [0.29, 0.717) is 0 Å². The number of nitrogens with zero attached hydrogens (tertiary/aromatic N) is 2. The van der Waals surface area contributed by atoms with Gasteiger partial charge in [-0.1, -0.05) is 30.3 Å². The molecular formula is C14H19N3O. The molecule has 0 saturated carbocycles. The van der Waals surface area contributed by atoms with Gasteiger partial charge in [0.1, 0.15) is 5.82 Å². The summed E-state index contributed by atoms with van der Waals surface area (Å²) < 4.78 is 5.06. The van der Waals surface area contributed by atoms with Gasteiger partial charge in [-0.15, -0.1) is 0 Å². The van der Waals surface area contributed by atoms with E-state index >= 15 is 0 Å². The Hall–Kier alpha value is -1.65. The van der Waals surface area contributed by atoms with Crippen molar-refractivity contribution in [1.29, 1.82) is 0 Å². The second kappa shape index (κ2) is 6.33. The van der Waals surface area contributed by atoms with Gasteiger partial charge < -0.3 is 9.72 Å². The van der Waals surface area contributed by atoms with Crippen molar-refractivity contribution >= 4 is 0 Å². The normalized spacial score (nSPS) is 11.1. The number of methoxy groups -OCH3 is 1. The van der Waals surface area contributed by atoms with Gasteiger partial charge in [0, 0.05) is 37.7 Å². The van der Waals surface area contributed by atoms with Crippen molar-refractivity contribution in [2.45, 2.75) is 6.54 Å². The quantitative estimate of drug-likeness (QED) is 0.848. The monoisotopic (exact) mass is 245 g/mol. The largest absolute Gasteiger partial charge is 0.383 e. The third-order valence-corrected chi connectivity index (χ3v) is 2.79. The van der Waals surface area contributed by atoms with Gasteiger partial charge in [-0.2, -0.15) is 0 Å². The summed E-state index contributed by atoms with van der Waals surface area (Å²) in [6, 6.07) is 10.1. The molecule has 0 unspecified atom stereocenters. The maximum absolute atomic E-state index is 5.06. The van der Waals surface area contributed by atoms with Crippen LogP contribution in [0.3, 0.4) is 0 Å². The summed E-state index contributed by atoms with van der Waals surface area (Å²) in [5.74, 6) is 0.922. The van der Waals surface area contributed by atoms with E-state index in [1.54, 1.807) is 7.11 Å². The minimum atomic E-state index is 0.746. The minimum absolute atomic E-state index is 0.746. The smallest absolute Gasteiger partial charge is 0.137 e. The van der Waals surface area contributed by atoms with Crippen LogP contribution < -0.4 is 0 Å². The Morgan fingerprint density at radius 2 is 2.06 bits per heavy atom. The van der Waals surface area contributed by atoms with E-state index < -0.39 is 0 Å². The van der Waals surface area contributed by atoms with Crippen molar-refractivity contribution in [3.8, 4) is 11.4 Å². The summed E-state index contributed by atoms with van der Waals surface area (Å²) in [5.41, 5.74) is 2.23. The zero-order valence-electron chi connectivity index (χ0n) is 10.9. The first-order valence-corrected chi connectivity index (χ1v) is 6.06. The van der Waals surface area contributed by atoms with Crippen LogP contribution in [-0.4, -0.2) is 42.2 Å². The number of imidazole rings is 1. The number of nitrogens with one attached hydrogen (secondary N) is 1. The van der Waals surface area contributed by atoms with E-state index in [4.69, 9.17) is 4.74 Å². The molecule has 0 atom stereocenters. The molecule has 4 heteroatoms. The SMILES string of the molecule is COCCN(C)Cc1cnc(-c2ccccc2)[nH]1. The average molecular weight is 245 g/mol. The zero-order chi connectivity index (χ0) is 12.8. The summed E-state index contributed by atoms with van der Waals surface area (Å²) in [6.07, 6.45) is 1.89. The lowest BCUT2D eigenvalue weighted by Gasteiger charge is -2.14. The van der Waals surface area contributed by atoms with Crippen LogP contribution in [0.25, 0.3) is 11.4 Å². The molecule has 2 rings (SSSR count). The van der Waals surface area contributed by atoms with Crippen molar-refractivity contribution < 1.29 is 4.74 Å². The molecule has 0 fully saturated rings. The predicted octanol–water partition coefficient (Wildman–Crippen LogP) is 2.15. The minimum Gasteiger partial charge on any atom is -0.383 e. The van der Waals surface area contributed by atoms with E-state index in [1.807, 2.05) is 24.4 Å². The second-order valence-corrected chi connectivity index (χ2v) is 4.35. The van der Waals surface area contributed by atoms with Crippen LogP contribution in [0.5, 0.6) is 0 Å². The number of ether oxygens (including phenoxy) is 1. The highest BCUT2D eigenvalue weighted by atomic mass is 16.5. The Labute approximate surface area is 108 Å². The molecular weight excluding hydrogens is 226 g/mol. The third kappa shape index (κ3) is 3.42. The number of aromatic amines is 1. The summed E-state index contributed by atoms with van der Waals surface area (Å²) in [7, 11) is 3.79. The summed E-state index contributed by atoms with van der Waals surface area (Å²) in [4.78, 5) is 9.95. The highest BCUT2D eigenvalue weighted by molar-refractivity contribution is 5.54. The summed E-state index contributed by atoms with van der Waals surface area (Å²) in [6.45, 7) is 2.51. The molecule has 1 N–H and O–H groups in total. The van der Waals surface area contributed by atoms with Crippen LogP contribution in [0.2, 0.25) is 0 Å². The lowest BCUT2D eigenvalue weighted by molar-refractivity contribution is 0.158. The molecule has 96 valence electrons. The van der Waals surface area contributed by atoms with Crippen LogP contribution in [0.1, 0.15) is 5.69 Å². The van der Waals surface area contributed by atoms with Gasteiger partial charge >= 0.3 is 0 Å². The van der Waals surface area contributed by atoms with Crippen LogP contribution in [0.4, 0.5) is 0 Å². The Bertz CT molecular complexity index is 467. The number of hydrogen-bond acceptors (Lipinski definition) is 3. The van der Waals surface area contributed by atoms with Crippen LogP contribution in [0, 0.1) is 0 Å². The molecule has 0 saturated heterocycles. The van der Waals surface area contributed by atoms with Gasteiger partial charge in [0.05, 0.1) is 6.61 Å². The third-order valence-electron chi connectivity index (χ3n) is 2.79. The van der Waals surface area contributed by atoms with Gasteiger partial charge in [-0.05, 0) is 7.05 Å². The molecule has 0 radical (unpaired) electrons. The molecule has 4 nitrogen and oxygen atoms in total. The first-order valence-electron chi connectivity index (χ1n) is 6.06. The Morgan fingerprint density at radius 1 is 1.28 bits per heavy atom. The fourth-order valence-electron chi connectivity index (χ4n) is 1.80. The van der Waals surface area contributed by atoms with Crippen molar-refractivity contribution in [2.24, 2.45) is 0 Å². The molecule has 1 aromatic heterocycles. The summed E-state index contributed by atoms with van der Waals surface area (Å²) >= 11 is 0. The van der Waals surface area contributed by atoms with E-state index in [0.717, 1.165) is 36.8 Å². The Kier molecular flexibility index (Phi) is 4.50. The highest BCUT2D eigenvalue weighted by Gasteiger charge is 2.05. The lowest BCUT2D eigenvalue weighted by Crippen LogP contribution is -2.22. The van der Waals surface area contributed by atoms with Gasteiger partial charge in [-0.25, -0.2) is 4.98 Å². The average Bonchev–Trinajstić information content (AvgIpc) is 2.86. The molecule has 1 aromatic carbocycles. The van der Waals surface area contributed by atoms with E-state index in [-0.39, 0.29) is 0 Å². The molecule has 0 bridgehead atoms. The molecule has 0 spiro atoms. The molecule has 0 aliphatic heterocycles. The summed E-state index contributed by atoms with van der Waals surface area (Å²) in [5, 5.41) is 0. The van der Waals surface area contributed by atoms with Crippen molar-refractivity contribution in [3.05, 3.63) is 42.2 Å². The number of benzene rings is 1. The van der Waals surface area contributed by atoms with Gasteiger partial charge in [0.15, 0.2) is 0 Å². The van der Waals surface area contributed by atoms with E-state index in [2.05, 4.69) is 34.0 Å². The van der Waals surface area contributed by atoms with Gasteiger partial charge in [0.2, 0.25) is 0 Å². The van der Waals surface area contributed by atoms with E-state index in [1.165, 1.54) is 0 Å². The van der Waals surface area contributed by atoms with Gasteiger partial charge in [0.25, 0.3) is 0 Å². The number of H-pyrrole nitrogens is 1. The number of hydrogen-bond donors (Lipinski definition) is 1.